The summed E-state index contributed by atoms with van der Waals surface area (Å²) in [4.78, 5) is 28.6. The summed E-state index contributed by atoms with van der Waals surface area (Å²) in [5, 5.41) is 5.76. The standard InChI is InChI=1S/C16H26N4O3/c1-11(2)8-18-16(22)14-13-5-4-12(9-20(13)10-19-14)15(21)17-6-7-23-3/h10-12H,4-9H2,1-3H3,(H,17,21)(H,18,22). The summed E-state index contributed by atoms with van der Waals surface area (Å²) in [7, 11) is 1.61. The molecule has 1 aliphatic rings. The van der Waals surface area contributed by atoms with Gasteiger partial charge in [0.05, 0.1) is 24.5 Å². The highest BCUT2D eigenvalue weighted by Gasteiger charge is 2.28. The number of carbonyl (C=O) groups excluding carboxylic acids is 2. The van der Waals surface area contributed by atoms with Crippen LogP contribution < -0.4 is 10.6 Å². The molecule has 2 heterocycles. The Kier molecular flexibility index (Phi) is 6.15. The van der Waals surface area contributed by atoms with Crippen LogP contribution in [0.4, 0.5) is 0 Å². The first-order valence-electron chi connectivity index (χ1n) is 8.11. The average molecular weight is 322 g/mol. The van der Waals surface area contributed by atoms with Crippen LogP contribution in [0.2, 0.25) is 0 Å². The molecule has 0 fully saturated rings. The summed E-state index contributed by atoms with van der Waals surface area (Å²) in [6, 6.07) is 0. The minimum atomic E-state index is -0.129. The number of methoxy groups -OCH3 is 1. The van der Waals surface area contributed by atoms with Gasteiger partial charge in [-0.3, -0.25) is 9.59 Å². The Labute approximate surface area is 136 Å². The molecular formula is C16H26N4O3. The Morgan fingerprint density at radius 1 is 1.43 bits per heavy atom. The highest BCUT2D eigenvalue weighted by Crippen LogP contribution is 2.22. The van der Waals surface area contributed by atoms with Gasteiger partial charge in [-0.2, -0.15) is 0 Å². The first-order chi connectivity index (χ1) is 11.0. The van der Waals surface area contributed by atoms with E-state index in [9.17, 15) is 9.59 Å². The van der Waals surface area contributed by atoms with Crippen molar-refractivity contribution in [1.29, 1.82) is 0 Å². The zero-order valence-electron chi connectivity index (χ0n) is 14.1. The van der Waals surface area contributed by atoms with Gasteiger partial charge < -0.3 is 19.9 Å². The van der Waals surface area contributed by atoms with Gasteiger partial charge in [0.2, 0.25) is 5.91 Å². The monoisotopic (exact) mass is 322 g/mol. The molecule has 128 valence electrons. The molecule has 0 aromatic carbocycles. The number of rotatable bonds is 7. The van der Waals surface area contributed by atoms with Crippen LogP contribution in [0.25, 0.3) is 0 Å². The molecule has 0 saturated carbocycles. The van der Waals surface area contributed by atoms with Gasteiger partial charge in [0.25, 0.3) is 5.91 Å². The molecule has 1 aromatic rings. The van der Waals surface area contributed by atoms with Crippen molar-refractivity contribution in [1.82, 2.24) is 20.2 Å². The van der Waals surface area contributed by atoms with Crippen LogP contribution in [0, 0.1) is 11.8 Å². The van der Waals surface area contributed by atoms with Crippen LogP contribution in [0.1, 0.15) is 36.5 Å². The van der Waals surface area contributed by atoms with E-state index in [2.05, 4.69) is 29.5 Å². The van der Waals surface area contributed by atoms with Gasteiger partial charge in [-0.05, 0) is 18.8 Å². The fraction of sp³-hybridized carbons (Fsp3) is 0.688. The predicted octanol–water partition coefficient (Wildman–Crippen LogP) is 0.594. The third-order valence-electron chi connectivity index (χ3n) is 3.96. The number of aromatic nitrogens is 2. The fourth-order valence-corrected chi connectivity index (χ4v) is 2.67. The van der Waals surface area contributed by atoms with Crippen LogP contribution in [0.5, 0.6) is 0 Å². The maximum absolute atomic E-state index is 12.2. The molecule has 0 spiro atoms. The van der Waals surface area contributed by atoms with Crippen LogP contribution in [0.3, 0.4) is 0 Å². The molecule has 2 rings (SSSR count). The first kappa shape index (κ1) is 17.5. The summed E-state index contributed by atoms with van der Waals surface area (Å²) in [6.45, 7) is 6.33. The number of carbonyl (C=O) groups is 2. The van der Waals surface area contributed by atoms with Gasteiger partial charge in [0.15, 0.2) is 0 Å². The van der Waals surface area contributed by atoms with Gasteiger partial charge >= 0.3 is 0 Å². The molecule has 1 aliphatic heterocycles. The molecule has 0 bridgehead atoms. The molecule has 2 amide bonds. The number of hydrogen-bond donors (Lipinski definition) is 2. The number of nitrogens with zero attached hydrogens (tertiary/aromatic N) is 2. The normalized spacial score (nSPS) is 17.0. The van der Waals surface area contributed by atoms with Crippen molar-refractivity contribution in [2.75, 3.05) is 26.8 Å². The minimum absolute atomic E-state index is 0.0345. The number of nitrogens with one attached hydrogen (secondary N) is 2. The Hall–Kier alpha value is -1.89. The van der Waals surface area contributed by atoms with Gasteiger partial charge in [0, 0.05) is 26.7 Å². The van der Waals surface area contributed by atoms with Gasteiger partial charge in [0.1, 0.15) is 5.69 Å². The van der Waals surface area contributed by atoms with Gasteiger partial charge in [-0.1, -0.05) is 13.8 Å². The smallest absolute Gasteiger partial charge is 0.271 e. The lowest BCUT2D eigenvalue weighted by Crippen LogP contribution is -2.37. The Balaban J connectivity index is 1.95. The van der Waals surface area contributed by atoms with Crippen molar-refractivity contribution < 1.29 is 14.3 Å². The first-order valence-corrected chi connectivity index (χ1v) is 8.11. The summed E-state index contributed by atoms with van der Waals surface area (Å²) in [5.74, 6) is 0.223. The zero-order chi connectivity index (χ0) is 16.8. The quantitative estimate of drug-likeness (QED) is 0.720. The third kappa shape index (κ3) is 4.54. The van der Waals surface area contributed by atoms with Gasteiger partial charge in [-0.15, -0.1) is 0 Å². The van der Waals surface area contributed by atoms with E-state index in [0.29, 0.717) is 44.3 Å². The van der Waals surface area contributed by atoms with E-state index in [0.717, 1.165) is 12.1 Å². The van der Waals surface area contributed by atoms with Crippen molar-refractivity contribution in [3.63, 3.8) is 0 Å². The summed E-state index contributed by atoms with van der Waals surface area (Å²) < 4.78 is 6.86. The third-order valence-corrected chi connectivity index (χ3v) is 3.96. The van der Waals surface area contributed by atoms with Crippen LogP contribution >= 0.6 is 0 Å². The lowest BCUT2D eigenvalue weighted by Gasteiger charge is -2.24. The Morgan fingerprint density at radius 2 is 2.22 bits per heavy atom. The van der Waals surface area contributed by atoms with Crippen LogP contribution in [0.15, 0.2) is 6.33 Å². The van der Waals surface area contributed by atoms with E-state index < -0.39 is 0 Å². The van der Waals surface area contributed by atoms with Crippen LogP contribution in [-0.2, 0) is 22.5 Å². The topological polar surface area (TPSA) is 85.2 Å². The average Bonchev–Trinajstić information content (AvgIpc) is 2.95. The van der Waals surface area contributed by atoms with Crippen molar-refractivity contribution in [3.8, 4) is 0 Å². The zero-order valence-corrected chi connectivity index (χ0v) is 14.1. The fourth-order valence-electron chi connectivity index (χ4n) is 2.67. The van der Waals surface area contributed by atoms with E-state index in [-0.39, 0.29) is 17.7 Å². The summed E-state index contributed by atoms with van der Waals surface area (Å²) in [6.07, 6.45) is 3.08. The molecule has 1 unspecified atom stereocenters. The number of hydrogen-bond acceptors (Lipinski definition) is 4. The van der Waals surface area contributed by atoms with Crippen molar-refractivity contribution >= 4 is 11.8 Å². The van der Waals surface area contributed by atoms with E-state index in [1.54, 1.807) is 13.4 Å². The summed E-state index contributed by atoms with van der Waals surface area (Å²) >= 11 is 0. The highest BCUT2D eigenvalue weighted by atomic mass is 16.5. The minimum Gasteiger partial charge on any atom is -0.383 e. The molecule has 0 radical (unpaired) electrons. The lowest BCUT2D eigenvalue weighted by molar-refractivity contribution is -0.126. The molecule has 1 atom stereocenters. The summed E-state index contributed by atoms with van der Waals surface area (Å²) in [5.41, 5.74) is 1.41. The molecule has 1 aromatic heterocycles. The Morgan fingerprint density at radius 3 is 2.91 bits per heavy atom. The number of imidazole rings is 1. The maximum atomic E-state index is 12.2. The second kappa shape index (κ2) is 8.10. The van der Waals surface area contributed by atoms with E-state index in [1.165, 1.54) is 0 Å². The van der Waals surface area contributed by atoms with E-state index in [1.807, 2.05) is 4.57 Å². The van der Waals surface area contributed by atoms with Crippen LogP contribution in [-0.4, -0.2) is 48.2 Å². The molecular weight excluding hydrogens is 296 g/mol. The molecule has 2 N–H and O–H groups in total. The second-order valence-corrected chi connectivity index (χ2v) is 6.32. The molecule has 0 saturated heterocycles. The van der Waals surface area contributed by atoms with E-state index >= 15 is 0 Å². The van der Waals surface area contributed by atoms with Crippen molar-refractivity contribution in [2.24, 2.45) is 11.8 Å². The van der Waals surface area contributed by atoms with Gasteiger partial charge in [-0.25, -0.2) is 4.98 Å². The molecule has 23 heavy (non-hydrogen) atoms. The number of fused-ring (bicyclic) bond motifs is 1. The number of ether oxygens (including phenoxy) is 1. The number of amides is 2. The second-order valence-electron chi connectivity index (χ2n) is 6.32. The Bertz CT molecular complexity index is 554. The van der Waals surface area contributed by atoms with E-state index in [4.69, 9.17) is 4.74 Å². The largest absolute Gasteiger partial charge is 0.383 e. The van der Waals surface area contributed by atoms with Crippen molar-refractivity contribution in [2.45, 2.75) is 33.2 Å². The van der Waals surface area contributed by atoms with Crippen molar-refractivity contribution in [3.05, 3.63) is 17.7 Å². The molecule has 0 aliphatic carbocycles. The predicted molar refractivity (Wildman–Crippen MR) is 86.1 cm³/mol. The molecule has 7 heteroatoms. The SMILES string of the molecule is COCCNC(=O)C1CCc2c(C(=O)NCC(C)C)ncn2C1. The maximum Gasteiger partial charge on any atom is 0.271 e. The lowest BCUT2D eigenvalue weighted by atomic mass is 9.96. The molecule has 7 nitrogen and oxygen atoms in total. The highest BCUT2D eigenvalue weighted by molar-refractivity contribution is 5.93.